The molecule has 0 saturated heterocycles. The van der Waals surface area contributed by atoms with Crippen LogP contribution in [0.1, 0.15) is 44.2 Å². The van der Waals surface area contributed by atoms with Gasteiger partial charge in [-0.25, -0.2) is 0 Å². The van der Waals surface area contributed by atoms with Gasteiger partial charge >= 0.3 is 5.97 Å². The minimum absolute atomic E-state index is 0.0288. The van der Waals surface area contributed by atoms with Gasteiger partial charge in [-0.15, -0.1) is 0 Å². The van der Waals surface area contributed by atoms with Crippen LogP contribution in [-0.4, -0.2) is 53.6 Å². The zero-order valence-corrected chi connectivity index (χ0v) is 22.4. The van der Waals surface area contributed by atoms with Crippen LogP contribution in [0.15, 0.2) is 72.8 Å². The fourth-order valence-corrected chi connectivity index (χ4v) is 4.51. The highest BCUT2D eigenvalue weighted by Crippen LogP contribution is 2.20. The molecule has 1 aliphatic rings. The second kappa shape index (κ2) is 15.1. The molecular formula is C31H40N2O5. The van der Waals surface area contributed by atoms with E-state index in [9.17, 15) is 19.5 Å². The highest BCUT2D eigenvalue weighted by atomic mass is 16.5. The quantitative estimate of drug-likeness (QED) is 0.386. The molecule has 2 amide bonds. The molecule has 0 aliphatic carbocycles. The number of rotatable bonds is 9. The summed E-state index contributed by atoms with van der Waals surface area (Å²) < 4.78 is 5.68. The largest absolute Gasteiger partial charge is 0.463 e. The zero-order chi connectivity index (χ0) is 27.3. The van der Waals surface area contributed by atoms with Crippen molar-refractivity contribution in [3.63, 3.8) is 0 Å². The molecule has 0 bridgehead atoms. The summed E-state index contributed by atoms with van der Waals surface area (Å²) in [5, 5.41) is 12.6. The van der Waals surface area contributed by atoms with Crippen molar-refractivity contribution >= 4 is 17.8 Å². The Labute approximate surface area is 225 Å². The van der Waals surface area contributed by atoms with Gasteiger partial charge in [0.25, 0.3) is 0 Å². The number of amides is 2. The lowest BCUT2D eigenvalue weighted by Gasteiger charge is -2.28. The lowest BCUT2D eigenvalue weighted by Crippen LogP contribution is -2.46. The number of nitrogens with zero attached hydrogens (tertiary/aromatic N) is 1. The molecule has 3 atom stereocenters. The molecule has 2 aromatic rings. The van der Waals surface area contributed by atoms with Crippen LogP contribution in [0.25, 0.3) is 0 Å². The summed E-state index contributed by atoms with van der Waals surface area (Å²) in [4.78, 5) is 41.1. The van der Waals surface area contributed by atoms with Crippen molar-refractivity contribution in [3.8, 4) is 0 Å². The Morgan fingerprint density at radius 3 is 2.18 bits per heavy atom. The van der Waals surface area contributed by atoms with Crippen molar-refractivity contribution in [1.29, 1.82) is 0 Å². The van der Waals surface area contributed by atoms with Gasteiger partial charge in [0.1, 0.15) is 6.61 Å². The Hall–Kier alpha value is -3.45. The molecule has 3 rings (SSSR count). The number of allylic oxidation sites excluding steroid dienone is 2. The van der Waals surface area contributed by atoms with E-state index in [1.807, 2.05) is 86.7 Å². The van der Waals surface area contributed by atoms with E-state index in [4.69, 9.17) is 4.74 Å². The van der Waals surface area contributed by atoms with Crippen LogP contribution in [0.2, 0.25) is 0 Å². The van der Waals surface area contributed by atoms with Crippen molar-refractivity contribution < 1.29 is 24.2 Å². The van der Waals surface area contributed by atoms with Gasteiger partial charge in [-0.2, -0.15) is 0 Å². The third kappa shape index (κ3) is 9.14. The molecule has 1 heterocycles. The lowest BCUT2D eigenvalue weighted by atomic mass is 9.93. The first-order valence-electron chi connectivity index (χ1n) is 13.5. The van der Waals surface area contributed by atoms with E-state index in [-0.39, 0.29) is 61.8 Å². The second-order valence-electron chi connectivity index (χ2n) is 10.2. The maximum atomic E-state index is 13.3. The minimum atomic E-state index is -0.570. The molecule has 3 unspecified atom stereocenters. The number of benzene rings is 2. The van der Waals surface area contributed by atoms with Crippen LogP contribution in [-0.2, 0) is 32.1 Å². The minimum Gasteiger partial charge on any atom is -0.463 e. The van der Waals surface area contributed by atoms with Crippen LogP contribution in [0, 0.1) is 17.8 Å². The maximum Gasteiger partial charge on any atom is 0.309 e. The van der Waals surface area contributed by atoms with E-state index < -0.39 is 5.92 Å². The highest BCUT2D eigenvalue weighted by Gasteiger charge is 2.29. The van der Waals surface area contributed by atoms with E-state index >= 15 is 0 Å². The van der Waals surface area contributed by atoms with Crippen molar-refractivity contribution in [2.24, 2.45) is 17.8 Å². The van der Waals surface area contributed by atoms with E-state index in [2.05, 4.69) is 5.32 Å². The number of carbonyl (C=O) groups excluding carboxylic acids is 3. The molecular weight excluding hydrogens is 480 g/mol. The Morgan fingerprint density at radius 2 is 1.58 bits per heavy atom. The third-order valence-electron chi connectivity index (χ3n) is 6.93. The fourth-order valence-electron chi connectivity index (χ4n) is 4.51. The standard InChI is InChI=1S/C31H40N2O5/c1-23(2)28-22-38-31(37)27(19-24-11-5-3-6-12-24)16-10-9-15-26(30(36)32-28)20-29(35)33(17-18-34)21-25-13-7-4-8-14-25/h3-14,23,26-28,34H,15-22H2,1-2H3,(H,32,36). The van der Waals surface area contributed by atoms with Gasteiger partial charge in [-0.1, -0.05) is 86.7 Å². The molecule has 0 radical (unpaired) electrons. The first kappa shape index (κ1) is 29.1. The molecule has 1 aliphatic heterocycles. The van der Waals surface area contributed by atoms with Crippen LogP contribution in [0.5, 0.6) is 0 Å². The summed E-state index contributed by atoms with van der Waals surface area (Å²) in [5.74, 6) is -1.55. The van der Waals surface area contributed by atoms with Gasteiger partial charge < -0.3 is 20.1 Å². The number of ether oxygens (including phenoxy) is 1. The highest BCUT2D eigenvalue weighted by molar-refractivity contribution is 5.86. The molecule has 0 aromatic heterocycles. The molecule has 7 heteroatoms. The average Bonchev–Trinajstić information content (AvgIpc) is 2.91. The van der Waals surface area contributed by atoms with Gasteiger partial charge in [0.15, 0.2) is 0 Å². The van der Waals surface area contributed by atoms with Gasteiger partial charge in [-0.3, -0.25) is 14.4 Å². The summed E-state index contributed by atoms with van der Waals surface area (Å²) in [6, 6.07) is 19.1. The number of hydrogen-bond acceptors (Lipinski definition) is 5. The molecule has 204 valence electrons. The summed E-state index contributed by atoms with van der Waals surface area (Å²) in [6.07, 6.45) is 5.28. The average molecular weight is 521 g/mol. The van der Waals surface area contributed by atoms with E-state index in [1.165, 1.54) is 0 Å². The normalized spacial score (nSPS) is 20.7. The Morgan fingerprint density at radius 1 is 0.974 bits per heavy atom. The Bertz CT molecular complexity index is 1050. The van der Waals surface area contributed by atoms with Crippen molar-refractivity contribution in [2.45, 2.75) is 52.1 Å². The molecule has 2 aromatic carbocycles. The smallest absolute Gasteiger partial charge is 0.309 e. The van der Waals surface area contributed by atoms with Crippen molar-refractivity contribution in [2.75, 3.05) is 19.8 Å². The number of aliphatic hydroxyl groups excluding tert-OH is 1. The molecule has 2 N–H and O–H groups in total. The molecule has 38 heavy (non-hydrogen) atoms. The number of cyclic esters (lactones) is 1. The SMILES string of the molecule is CC(C)C1COC(=O)C(Cc2ccccc2)CC=CCC(CC(=O)N(CCO)Cc2ccccc2)C(=O)N1. The molecule has 0 fully saturated rings. The summed E-state index contributed by atoms with van der Waals surface area (Å²) in [7, 11) is 0. The van der Waals surface area contributed by atoms with Gasteiger partial charge in [-0.05, 0) is 36.3 Å². The number of hydrogen-bond donors (Lipinski definition) is 2. The summed E-state index contributed by atoms with van der Waals surface area (Å²) >= 11 is 0. The first-order chi connectivity index (χ1) is 18.4. The van der Waals surface area contributed by atoms with Crippen molar-refractivity contribution in [3.05, 3.63) is 83.9 Å². The topological polar surface area (TPSA) is 95.9 Å². The van der Waals surface area contributed by atoms with Gasteiger partial charge in [0.2, 0.25) is 11.8 Å². The van der Waals surface area contributed by atoms with E-state index in [0.717, 1.165) is 11.1 Å². The van der Waals surface area contributed by atoms with Crippen LogP contribution in [0.4, 0.5) is 0 Å². The number of aliphatic hydroxyl groups is 1. The lowest BCUT2D eigenvalue weighted by molar-refractivity contribution is -0.150. The van der Waals surface area contributed by atoms with E-state index in [0.29, 0.717) is 25.8 Å². The number of carbonyl (C=O) groups is 3. The van der Waals surface area contributed by atoms with E-state index in [1.54, 1.807) is 4.90 Å². The second-order valence-corrected chi connectivity index (χ2v) is 10.2. The zero-order valence-electron chi connectivity index (χ0n) is 22.4. The maximum absolute atomic E-state index is 13.3. The van der Waals surface area contributed by atoms with Crippen LogP contribution < -0.4 is 5.32 Å². The van der Waals surface area contributed by atoms with Gasteiger partial charge in [0.05, 0.1) is 24.5 Å². The van der Waals surface area contributed by atoms with Crippen molar-refractivity contribution in [1.82, 2.24) is 10.2 Å². The Kier molecular flexibility index (Phi) is 11.6. The fraction of sp³-hybridized carbons (Fsp3) is 0.452. The Balaban J connectivity index is 1.76. The molecule has 0 saturated carbocycles. The number of nitrogens with one attached hydrogen (secondary N) is 1. The van der Waals surface area contributed by atoms with Crippen LogP contribution in [0.3, 0.4) is 0 Å². The summed E-state index contributed by atoms with van der Waals surface area (Å²) in [6.45, 7) is 4.44. The number of esters is 1. The monoisotopic (exact) mass is 520 g/mol. The summed E-state index contributed by atoms with van der Waals surface area (Å²) in [5.41, 5.74) is 2.03. The predicted molar refractivity (Wildman–Crippen MR) is 147 cm³/mol. The first-order valence-corrected chi connectivity index (χ1v) is 13.5. The molecule has 7 nitrogen and oxygen atoms in total. The molecule has 0 spiro atoms. The van der Waals surface area contributed by atoms with Gasteiger partial charge in [0, 0.05) is 19.5 Å². The van der Waals surface area contributed by atoms with Crippen LogP contribution >= 0.6 is 0 Å². The predicted octanol–water partition coefficient (Wildman–Crippen LogP) is 3.91. The third-order valence-corrected chi connectivity index (χ3v) is 6.93.